The fourth-order valence-electron chi connectivity index (χ4n) is 2.32. The Morgan fingerprint density at radius 2 is 1.76 bits per heavy atom. The van der Waals surface area contributed by atoms with E-state index < -0.39 is 10.0 Å². The van der Waals surface area contributed by atoms with Crippen LogP contribution in [0.25, 0.3) is 9.88 Å². The van der Waals surface area contributed by atoms with Crippen LogP contribution in [0.5, 0.6) is 0 Å². The van der Waals surface area contributed by atoms with E-state index in [0.717, 1.165) is 30.9 Å². The number of sulfonamides is 1. The predicted octanol–water partition coefficient (Wildman–Crippen LogP) is 5.56. The summed E-state index contributed by atoms with van der Waals surface area (Å²) < 4.78 is 28.2. The first-order chi connectivity index (χ1) is 11.7. The van der Waals surface area contributed by atoms with Crippen molar-refractivity contribution in [3.8, 4) is 9.88 Å². The molecule has 4 nitrogen and oxygen atoms in total. The SMILES string of the molecule is Cc1ccc(NS(=O)(=O)c2cc(-c3nc(C)c(C)s3)sc2C)c(Cl)c1. The van der Waals surface area contributed by atoms with Gasteiger partial charge >= 0.3 is 0 Å². The molecular formula is C17H17ClN2O2S3. The first-order valence-corrected chi connectivity index (χ1v) is 11.0. The molecule has 0 atom stereocenters. The van der Waals surface area contributed by atoms with Crippen molar-refractivity contribution in [1.82, 2.24) is 4.98 Å². The van der Waals surface area contributed by atoms with Crippen LogP contribution in [0.2, 0.25) is 5.02 Å². The number of nitrogens with one attached hydrogen (secondary N) is 1. The molecule has 3 aromatic rings. The van der Waals surface area contributed by atoms with Crippen molar-refractivity contribution < 1.29 is 8.42 Å². The zero-order valence-electron chi connectivity index (χ0n) is 14.2. The van der Waals surface area contributed by atoms with Gasteiger partial charge in [-0.1, -0.05) is 17.7 Å². The minimum atomic E-state index is -3.72. The van der Waals surface area contributed by atoms with Crippen LogP contribution >= 0.6 is 34.3 Å². The highest BCUT2D eigenvalue weighted by atomic mass is 35.5. The summed E-state index contributed by atoms with van der Waals surface area (Å²) in [6.07, 6.45) is 0. The first kappa shape index (κ1) is 18.4. The Bertz CT molecular complexity index is 1030. The summed E-state index contributed by atoms with van der Waals surface area (Å²) in [4.78, 5) is 7.48. The van der Waals surface area contributed by atoms with Crippen LogP contribution in [0.15, 0.2) is 29.2 Å². The molecule has 0 saturated heterocycles. The number of anilines is 1. The smallest absolute Gasteiger partial charge is 0.263 e. The standard InChI is InChI=1S/C17H17ClN2O2S3/c1-9-5-6-14(13(18)7-9)20-25(21,22)16-8-15(23-12(16)4)17-19-10(2)11(3)24-17/h5-8,20H,1-4H3. The maximum Gasteiger partial charge on any atom is 0.263 e. The molecular weight excluding hydrogens is 396 g/mol. The fourth-order valence-corrected chi connectivity index (χ4v) is 6.29. The van der Waals surface area contributed by atoms with Crippen molar-refractivity contribution in [2.75, 3.05) is 4.72 Å². The van der Waals surface area contributed by atoms with Gasteiger partial charge in [-0.2, -0.15) is 0 Å². The van der Waals surface area contributed by atoms with Gasteiger partial charge in [0, 0.05) is 9.75 Å². The Morgan fingerprint density at radius 1 is 1.04 bits per heavy atom. The van der Waals surface area contributed by atoms with Crippen LogP contribution in [-0.4, -0.2) is 13.4 Å². The lowest BCUT2D eigenvalue weighted by atomic mass is 10.2. The molecule has 0 aliphatic heterocycles. The van der Waals surface area contributed by atoms with Gasteiger partial charge in [0.15, 0.2) is 0 Å². The zero-order valence-corrected chi connectivity index (χ0v) is 17.4. The second-order valence-corrected chi connectivity index (χ2v) is 10.3. The Balaban J connectivity index is 1.97. The van der Waals surface area contributed by atoms with Crippen molar-refractivity contribution in [3.05, 3.63) is 50.3 Å². The van der Waals surface area contributed by atoms with Crippen LogP contribution in [0, 0.1) is 27.7 Å². The summed E-state index contributed by atoms with van der Waals surface area (Å²) in [5.41, 5.74) is 2.32. The lowest BCUT2D eigenvalue weighted by molar-refractivity contribution is 0.601. The molecule has 2 heterocycles. The molecule has 0 spiro atoms. The minimum absolute atomic E-state index is 0.259. The molecule has 8 heteroatoms. The number of hydrogen-bond donors (Lipinski definition) is 1. The van der Waals surface area contributed by atoms with E-state index in [9.17, 15) is 8.42 Å². The van der Waals surface area contributed by atoms with Crippen molar-refractivity contribution >= 4 is 50.0 Å². The molecule has 0 aliphatic rings. The first-order valence-electron chi connectivity index (χ1n) is 7.51. The predicted molar refractivity (Wildman–Crippen MR) is 107 cm³/mol. The molecule has 1 aromatic carbocycles. The van der Waals surface area contributed by atoms with Gasteiger partial charge in [-0.15, -0.1) is 22.7 Å². The third-order valence-electron chi connectivity index (χ3n) is 3.77. The second kappa shape index (κ2) is 6.72. The van der Waals surface area contributed by atoms with Crippen LogP contribution in [0.3, 0.4) is 0 Å². The molecule has 0 bridgehead atoms. The van der Waals surface area contributed by atoms with E-state index in [1.54, 1.807) is 36.5 Å². The molecule has 0 radical (unpaired) electrons. The normalized spacial score (nSPS) is 11.7. The summed E-state index contributed by atoms with van der Waals surface area (Å²) >= 11 is 9.15. The molecule has 0 unspecified atom stereocenters. The third kappa shape index (κ3) is 3.74. The number of halogens is 1. The molecule has 0 saturated carbocycles. The fraction of sp³-hybridized carbons (Fsp3) is 0.235. The Morgan fingerprint density at radius 3 is 2.36 bits per heavy atom. The number of aryl methyl sites for hydroxylation is 4. The summed E-state index contributed by atoms with van der Waals surface area (Å²) in [6.45, 7) is 7.66. The molecule has 3 rings (SSSR count). The van der Waals surface area contributed by atoms with Gasteiger partial charge in [0.05, 0.1) is 21.3 Å². The average molecular weight is 413 g/mol. The molecule has 1 N–H and O–H groups in total. The number of thiazole rings is 1. The van der Waals surface area contributed by atoms with E-state index in [1.807, 2.05) is 26.8 Å². The number of benzene rings is 1. The van der Waals surface area contributed by atoms with Gasteiger partial charge in [0.1, 0.15) is 9.90 Å². The highest BCUT2D eigenvalue weighted by Crippen LogP contribution is 2.37. The van der Waals surface area contributed by atoms with Crippen molar-refractivity contribution in [2.24, 2.45) is 0 Å². The Labute approximate surface area is 160 Å². The van der Waals surface area contributed by atoms with Crippen LogP contribution in [-0.2, 0) is 10.0 Å². The van der Waals surface area contributed by atoms with E-state index >= 15 is 0 Å². The van der Waals surface area contributed by atoms with E-state index in [-0.39, 0.29) is 4.90 Å². The van der Waals surface area contributed by atoms with Gasteiger partial charge < -0.3 is 0 Å². The molecule has 0 amide bonds. The number of thiophene rings is 1. The van der Waals surface area contributed by atoms with Crippen molar-refractivity contribution in [2.45, 2.75) is 32.6 Å². The van der Waals surface area contributed by atoms with Crippen LogP contribution in [0.1, 0.15) is 21.0 Å². The van der Waals surface area contributed by atoms with Gasteiger partial charge in [-0.3, -0.25) is 4.72 Å². The molecule has 0 fully saturated rings. The largest absolute Gasteiger partial charge is 0.278 e. The Kier molecular flexibility index (Phi) is 4.94. The van der Waals surface area contributed by atoms with Crippen LogP contribution < -0.4 is 4.72 Å². The zero-order chi connectivity index (χ0) is 18.4. The number of aromatic nitrogens is 1. The maximum absolute atomic E-state index is 12.8. The third-order valence-corrected chi connectivity index (χ3v) is 8.00. The van der Waals surface area contributed by atoms with Crippen LogP contribution in [0.4, 0.5) is 5.69 Å². The van der Waals surface area contributed by atoms with Gasteiger partial charge in [-0.05, 0) is 51.5 Å². The summed E-state index contributed by atoms with van der Waals surface area (Å²) in [5, 5.41) is 1.22. The topological polar surface area (TPSA) is 59.1 Å². The lowest BCUT2D eigenvalue weighted by Crippen LogP contribution is -2.13. The number of hydrogen-bond acceptors (Lipinski definition) is 5. The second-order valence-electron chi connectivity index (χ2n) is 5.78. The lowest BCUT2D eigenvalue weighted by Gasteiger charge is -2.09. The number of rotatable bonds is 4. The average Bonchev–Trinajstić information content (AvgIpc) is 3.06. The van der Waals surface area contributed by atoms with E-state index in [1.165, 1.54) is 11.3 Å². The molecule has 2 aromatic heterocycles. The minimum Gasteiger partial charge on any atom is -0.278 e. The van der Waals surface area contributed by atoms with Crippen molar-refractivity contribution in [1.29, 1.82) is 0 Å². The monoisotopic (exact) mass is 412 g/mol. The maximum atomic E-state index is 12.8. The van der Waals surface area contributed by atoms with Gasteiger partial charge in [-0.25, -0.2) is 13.4 Å². The quantitative estimate of drug-likeness (QED) is 0.610. The Hall–Kier alpha value is -1.41. The highest BCUT2D eigenvalue weighted by Gasteiger charge is 2.22. The van der Waals surface area contributed by atoms with E-state index in [4.69, 9.17) is 11.6 Å². The van der Waals surface area contributed by atoms with Gasteiger partial charge in [0.2, 0.25) is 0 Å². The highest BCUT2D eigenvalue weighted by molar-refractivity contribution is 7.93. The summed E-state index contributed by atoms with van der Waals surface area (Å²) in [7, 11) is -3.72. The molecule has 25 heavy (non-hydrogen) atoms. The molecule has 0 aliphatic carbocycles. The number of nitrogens with zero attached hydrogens (tertiary/aromatic N) is 1. The van der Waals surface area contributed by atoms with E-state index in [2.05, 4.69) is 9.71 Å². The van der Waals surface area contributed by atoms with E-state index in [0.29, 0.717) is 10.7 Å². The van der Waals surface area contributed by atoms with Gasteiger partial charge in [0.25, 0.3) is 10.0 Å². The summed E-state index contributed by atoms with van der Waals surface area (Å²) in [6, 6.07) is 6.90. The molecule has 132 valence electrons. The van der Waals surface area contributed by atoms with Crippen molar-refractivity contribution in [3.63, 3.8) is 0 Å². The summed E-state index contributed by atoms with van der Waals surface area (Å²) in [5.74, 6) is 0.